The molecule has 1 fully saturated rings. The highest BCUT2D eigenvalue weighted by atomic mass is 32.1. The van der Waals surface area contributed by atoms with Crippen LogP contribution < -0.4 is 5.32 Å². The van der Waals surface area contributed by atoms with Gasteiger partial charge in [0.15, 0.2) is 0 Å². The second-order valence-electron chi connectivity index (χ2n) is 4.72. The van der Waals surface area contributed by atoms with Crippen LogP contribution in [0.3, 0.4) is 0 Å². The molecule has 0 spiro atoms. The maximum atomic E-state index is 11.9. The standard InChI is InChI=1S/C12H9N5O6S/c18-8-2-3-9(19)16(8)5-7-14-15-12(23-7)13-11(20)6-1-4-10(24-6)17(21)22/h1,4H,2-3,5H2,(H,13,15,20). The fourth-order valence-electron chi connectivity index (χ4n) is 2.01. The number of anilines is 1. The Labute approximate surface area is 137 Å². The predicted octanol–water partition coefficient (Wildman–Crippen LogP) is 0.941. The van der Waals surface area contributed by atoms with Crippen molar-refractivity contribution >= 4 is 40.1 Å². The molecule has 3 heterocycles. The molecule has 0 bridgehead atoms. The van der Waals surface area contributed by atoms with Crippen LogP contribution in [0.4, 0.5) is 11.0 Å². The molecule has 2 aromatic heterocycles. The third kappa shape index (κ3) is 3.12. The summed E-state index contributed by atoms with van der Waals surface area (Å²) in [4.78, 5) is 46.1. The van der Waals surface area contributed by atoms with E-state index >= 15 is 0 Å². The van der Waals surface area contributed by atoms with Gasteiger partial charge in [-0.3, -0.25) is 34.7 Å². The van der Waals surface area contributed by atoms with Crippen LogP contribution in [0.1, 0.15) is 28.4 Å². The van der Waals surface area contributed by atoms with Gasteiger partial charge in [0.05, 0.1) is 9.80 Å². The normalized spacial score (nSPS) is 14.2. The minimum Gasteiger partial charge on any atom is -0.406 e. The number of aromatic nitrogens is 2. The van der Waals surface area contributed by atoms with Gasteiger partial charge < -0.3 is 4.42 Å². The van der Waals surface area contributed by atoms with Crippen molar-refractivity contribution in [2.75, 3.05) is 5.32 Å². The lowest BCUT2D eigenvalue weighted by atomic mass is 10.4. The number of nitrogens with one attached hydrogen (secondary N) is 1. The lowest BCUT2D eigenvalue weighted by Crippen LogP contribution is -2.28. The lowest BCUT2D eigenvalue weighted by molar-refractivity contribution is -0.380. The third-order valence-electron chi connectivity index (χ3n) is 3.13. The van der Waals surface area contributed by atoms with Gasteiger partial charge in [-0.05, 0) is 6.07 Å². The van der Waals surface area contributed by atoms with Gasteiger partial charge in [-0.1, -0.05) is 16.4 Å². The Morgan fingerprint density at radius 2 is 2.04 bits per heavy atom. The first-order valence-electron chi connectivity index (χ1n) is 6.65. The van der Waals surface area contributed by atoms with Crippen LogP contribution in [-0.2, 0) is 16.1 Å². The molecule has 0 unspecified atom stereocenters. The quantitative estimate of drug-likeness (QED) is 0.475. The van der Waals surface area contributed by atoms with Crippen LogP contribution >= 0.6 is 11.3 Å². The summed E-state index contributed by atoms with van der Waals surface area (Å²) in [5.41, 5.74) is 0. The molecular weight excluding hydrogens is 342 g/mol. The van der Waals surface area contributed by atoms with Crippen LogP contribution in [0.5, 0.6) is 0 Å². The van der Waals surface area contributed by atoms with Gasteiger partial charge in [-0.25, -0.2) is 0 Å². The first-order chi connectivity index (χ1) is 11.4. The first kappa shape index (κ1) is 15.7. The number of rotatable bonds is 5. The summed E-state index contributed by atoms with van der Waals surface area (Å²) < 4.78 is 5.16. The van der Waals surface area contributed by atoms with Crippen molar-refractivity contribution in [2.45, 2.75) is 19.4 Å². The number of imide groups is 1. The molecule has 11 nitrogen and oxygen atoms in total. The Bertz CT molecular complexity index is 827. The number of hydrogen-bond donors (Lipinski definition) is 1. The van der Waals surface area contributed by atoms with E-state index in [2.05, 4.69) is 15.5 Å². The molecule has 1 saturated heterocycles. The number of carbonyl (C=O) groups is 3. The van der Waals surface area contributed by atoms with Gasteiger partial charge in [-0.2, -0.15) is 0 Å². The smallest absolute Gasteiger partial charge is 0.324 e. The second-order valence-corrected chi connectivity index (χ2v) is 5.79. The Morgan fingerprint density at radius 1 is 1.33 bits per heavy atom. The zero-order valence-corrected chi connectivity index (χ0v) is 12.7. The Kier molecular flexibility index (Phi) is 4.04. The van der Waals surface area contributed by atoms with Crippen molar-refractivity contribution in [3.8, 4) is 0 Å². The van der Waals surface area contributed by atoms with Crippen LogP contribution in [0.25, 0.3) is 0 Å². The number of thiophene rings is 1. The van der Waals surface area contributed by atoms with Crippen LogP contribution in [0.2, 0.25) is 0 Å². The molecule has 24 heavy (non-hydrogen) atoms. The summed E-state index contributed by atoms with van der Waals surface area (Å²) in [7, 11) is 0. The van der Waals surface area contributed by atoms with Gasteiger partial charge in [0.1, 0.15) is 6.54 Å². The molecule has 1 N–H and O–H groups in total. The Balaban J connectivity index is 1.65. The maximum Gasteiger partial charge on any atom is 0.324 e. The predicted molar refractivity (Wildman–Crippen MR) is 78.0 cm³/mol. The van der Waals surface area contributed by atoms with Crippen molar-refractivity contribution in [3.63, 3.8) is 0 Å². The van der Waals surface area contributed by atoms with Crippen molar-refractivity contribution in [1.29, 1.82) is 0 Å². The van der Waals surface area contributed by atoms with E-state index in [1.54, 1.807) is 0 Å². The van der Waals surface area contributed by atoms with E-state index in [9.17, 15) is 24.5 Å². The average molecular weight is 351 g/mol. The fourth-order valence-corrected chi connectivity index (χ4v) is 2.72. The molecule has 0 aromatic carbocycles. The number of likely N-dealkylation sites (tertiary alicyclic amines) is 1. The summed E-state index contributed by atoms with van der Waals surface area (Å²) in [5.74, 6) is -1.30. The highest BCUT2D eigenvalue weighted by molar-refractivity contribution is 7.17. The van der Waals surface area contributed by atoms with E-state index < -0.39 is 10.8 Å². The van der Waals surface area contributed by atoms with Crippen molar-refractivity contribution < 1.29 is 23.7 Å². The summed E-state index contributed by atoms with van der Waals surface area (Å²) in [6.45, 7) is -0.162. The van der Waals surface area contributed by atoms with Gasteiger partial charge in [0.2, 0.25) is 17.7 Å². The minimum absolute atomic E-state index is 0.00828. The zero-order chi connectivity index (χ0) is 17.3. The topological polar surface area (TPSA) is 149 Å². The second kappa shape index (κ2) is 6.16. The van der Waals surface area contributed by atoms with Crippen LogP contribution in [0, 0.1) is 10.1 Å². The highest BCUT2D eigenvalue weighted by Crippen LogP contribution is 2.24. The summed E-state index contributed by atoms with van der Waals surface area (Å²) in [6, 6.07) is 2.28. The molecule has 3 rings (SSSR count). The van der Waals surface area contributed by atoms with E-state index in [0.29, 0.717) is 11.3 Å². The molecule has 124 valence electrons. The van der Waals surface area contributed by atoms with Crippen LogP contribution in [-0.4, -0.2) is 37.7 Å². The Morgan fingerprint density at radius 3 is 2.67 bits per heavy atom. The first-order valence-corrected chi connectivity index (χ1v) is 7.47. The number of nitrogens with zero attached hydrogens (tertiary/aromatic N) is 4. The van der Waals surface area contributed by atoms with Crippen molar-refractivity contribution in [3.05, 3.63) is 33.0 Å². The molecule has 2 aromatic rings. The summed E-state index contributed by atoms with van der Waals surface area (Å²) >= 11 is 0.703. The fraction of sp³-hybridized carbons (Fsp3) is 0.250. The average Bonchev–Trinajstić information content (AvgIpc) is 3.24. The van der Waals surface area contributed by atoms with E-state index in [4.69, 9.17) is 4.42 Å². The molecule has 1 aliphatic rings. The van der Waals surface area contributed by atoms with Crippen molar-refractivity contribution in [1.82, 2.24) is 15.1 Å². The van der Waals surface area contributed by atoms with E-state index in [0.717, 1.165) is 4.90 Å². The molecule has 0 aliphatic carbocycles. The maximum absolute atomic E-state index is 11.9. The van der Waals surface area contributed by atoms with Gasteiger partial charge in [0.25, 0.3) is 5.91 Å². The zero-order valence-electron chi connectivity index (χ0n) is 11.9. The third-order valence-corrected chi connectivity index (χ3v) is 4.17. The molecule has 0 atom stereocenters. The largest absolute Gasteiger partial charge is 0.406 e. The molecule has 0 radical (unpaired) electrons. The van der Waals surface area contributed by atoms with Crippen LogP contribution in [0.15, 0.2) is 16.5 Å². The summed E-state index contributed by atoms with van der Waals surface area (Å²) in [5, 5.41) is 20.0. The molecule has 0 saturated carbocycles. The lowest BCUT2D eigenvalue weighted by Gasteiger charge is -2.09. The highest BCUT2D eigenvalue weighted by Gasteiger charge is 2.30. The van der Waals surface area contributed by atoms with Gasteiger partial charge in [0, 0.05) is 18.9 Å². The molecule has 3 amide bonds. The summed E-state index contributed by atoms with van der Waals surface area (Å²) in [6.07, 6.45) is 0.293. The van der Waals surface area contributed by atoms with E-state index in [1.807, 2.05) is 0 Å². The van der Waals surface area contributed by atoms with Gasteiger partial charge in [-0.15, -0.1) is 5.10 Å². The number of nitro groups is 1. The molecule has 1 aliphatic heterocycles. The van der Waals surface area contributed by atoms with E-state index in [-0.39, 0.29) is 53.0 Å². The molecule has 12 heteroatoms. The Hall–Kier alpha value is -3.15. The van der Waals surface area contributed by atoms with E-state index in [1.165, 1.54) is 12.1 Å². The van der Waals surface area contributed by atoms with Crippen molar-refractivity contribution in [2.24, 2.45) is 0 Å². The SMILES string of the molecule is O=C(Nc1nnc(CN2C(=O)CCC2=O)o1)c1ccc([N+](=O)[O-])s1. The number of carbonyl (C=O) groups excluding carboxylic acids is 3. The number of hydrogen-bond acceptors (Lipinski definition) is 9. The number of amides is 3. The minimum atomic E-state index is -0.642. The molecular formula is C12H9N5O6S. The monoisotopic (exact) mass is 351 g/mol. The van der Waals surface area contributed by atoms with Gasteiger partial charge >= 0.3 is 11.0 Å².